The molecular formula is C10H5N2O. The Labute approximate surface area is 74.0 Å². The van der Waals surface area contributed by atoms with Gasteiger partial charge in [-0.2, -0.15) is 0 Å². The van der Waals surface area contributed by atoms with Crippen LogP contribution >= 0.6 is 0 Å². The molecular weight excluding hydrogens is 164 g/mol. The van der Waals surface area contributed by atoms with Crippen molar-refractivity contribution >= 4 is 21.8 Å². The summed E-state index contributed by atoms with van der Waals surface area (Å²) in [6.45, 7) is 0. The van der Waals surface area contributed by atoms with Gasteiger partial charge < -0.3 is 4.42 Å². The Hall–Kier alpha value is -1.90. The van der Waals surface area contributed by atoms with Crippen LogP contribution < -0.4 is 0 Å². The van der Waals surface area contributed by atoms with E-state index in [9.17, 15) is 0 Å². The topological polar surface area (TPSA) is 38.9 Å². The van der Waals surface area contributed by atoms with Gasteiger partial charge in [-0.3, -0.25) is 0 Å². The van der Waals surface area contributed by atoms with E-state index in [-0.39, 0.29) is 0 Å². The third kappa shape index (κ3) is 0.839. The van der Waals surface area contributed by atoms with Gasteiger partial charge >= 0.3 is 0 Å². The van der Waals surface area contributed by atoms with Gasteiger partial charge in [0.05, 0.1) is 5.52 Å². The molecule has 0 aliphatic carbocycles. The second-order valence-electron chi connectivity index (χ2n) is 2.81. The number of aromatic nitrogens is 2. The molecule has 0 fully saturated rings. The fourth-order valence-corrected chi connectivity index (χ4v) is 1.40. The van der Waals surface area contributed by atoms with E-state index in [0.29, 0.717) is 0 Å². The Morgan fingerprint density at radius 2 is 2.00 bits per heavy atom. The van der Waals surface area contributed by atoms with E-state index in [1.54, 1.807) is 12.5 Å². The molecule has 3 aromatic rings. The van der Waals surface area contributed by atoms with Crippen molar-refractivity contribution < 1.29 is 4.42 Å². The molecule has 3 heteroatoms. The zero-order valence-electron chi connectivity index (χ0n) is 6.69. The van der Waals surface area contributed by atoms with Crippen LogP contribution in [-0.4, -0.2) is 10.2 Å². The number of benzene rings is 1. The van der Waals surface area contributed by atoms with E-state index in [2.05, 4.69) is 16.3 Å². The predicted molar refractivity (Wildman–Crippen MR) is 48.1 cm³/mol. The van der Waals surface area contributed by atoms with Crippen molar-refractivity contribution in [3.8, 4) is 0 Å². The summed E-state index contributed by atoms with van der Waals surface area (Å²) in [5.41, 5.74) is 1.65. The average molecular weight is 169 g/mol. The molecule has 61 valence electrons. The molecule has 0 spiro atoms. The van der Waals surface area contributed by atoms with Gasteiger partial charge in [-0.15, -0.1) is 10.2 Å². The molecule has 2 aromatic heterocycles. The fourth-order valence-electron chi connectivity index (χ4n) is 1.40. The summed E-state index contributed by atoms with van der Waals surface area (Å²) in [6, 6.07) is 8.60. The van der Waals surface area contributed by atoms with Crippen molar-refractivity contribution in [3.63, 3.8) is 0 Å². The Kier molecular flexibility index (Phi) is 1.16. The van der Waals surface area contributed by atoms with Gasteiger partial charge in [-0.05, 0) is 18.2 Å². The molecule has 0 saturated heterocycles. The standard InChI is InChI=1S/C10H5N2O/c1-2-4-9-7(3-1)8-5-13-6-10(8)12-11-9/h2-6H. The summed E-state index contributed by atoms with van der Waals surface area (Å²) in [5, 5.41) is 10.1. The molecule has 0 atom stereocenters. The lowest BCUT2D eigenvalue weighted by Crippen LogP contribution is -1.83. The van der Waals surface area contributed by atoms with E-state index in [0.717, 1.165) is 21.8 Å². The smallest absolute Gasteiger partial charge is 0.132 e. The number of nitrogens with zero attached hydrogens (tertiary/aromatic N) is 2. The highest BCUT2D eigenvalue weighted by Gasteiger charge is 2.03. The maximum atomic E-state index is 5.06. The lowest BCUT2D eigenvalue weighted by Gasteiger charge is -1.94. The van der Waals surface area contributed by atoms with Crippen LogP contribution in [-0.2, 0) is 0 Å². The van der Waals surface area contributed by atoms with E-state index < -0.39 is 0 Å². The molecule has 1 radical (unpaired) electrons. The highest BCUT2D eigenvalue weighted by Crippen LogP contribution is 2.21. The third-order valence-electron chi connectivity index (χ3n) is 2.04. The monoisotopic (exact) mass is 169 g/mol. The Morgan fingerprint density at radius 3 is 3.00 bits per heavy atom. The van der Waals surface area contributed by atoms with Gasteiger partial charge in [0.15, 0.2) is 0 Å². The zero-order valence-corrected chi connectivity index (χ0v) is 6.69. The van der Waals surface area contributed by atoms with Gasteiger partial charge in [-0.1, -0.05) is 6.07 Å². The molecule has 0 amide bonds. The van der Waals surface area contributed by atoms with Crippen LogP contribution in [0, 0.1) is 6.07 Å². The normalized spacial score (nSPS) is 11.1. The van der Waals surface area contributed by atoms with E-state index in [1.807, 2.05) is 18.2 Å². The number of fused-ring (bicyclic) bond motifs is 3. The highest BCUT2D eigenvalue weighted by atomic mass is 16.3. The zero-order chi connectivity index (χ0) is 8.67. The molecule has 0 bridgehead atoms. The van der Waals surface area contributed by atoms with Gasteiger partial charge in [0.1, 0.15) is 18.0 Å². The predicted octanol–water partition coefficient (Wildman–Crippen LogP) is 2.18. The Morgan fingerprint density at radius 1 is 1.08 bits per heavy atom. The minimum Gasteiger partial charge on any atom is -0.470 e. The summed E-state index contributed by atoms with van der Waals surface area (Å²) in [6.07, 6.45) is 3.27. The maximum absolute atomic E-state index is 5.06. The molecule has 0 aliphatic rings. The van der Waals surface area contributed by atoms with Crippen LogP contribution in [0.25, 0.3) is 21.8 Å². The SMILES string of the molecule is [c]1ccc2nnc3cocc3c2c1. The van der Waals surface area contributed by atoms with Crippen molar-refractivity contribution in [2.24, 2.45) is 0 Å². The number of rotatable bonds is 0. The quantitative estimate of drug-likeness (QED) is 0.517. The first-order valence-corrected chi connectivity index (χ1v) is 3.93. The Bertz CT molecular complexity index is 571. The first kappa shape index (κ1) is 6.60. The van der Waals surface area contributed by atoms with Crippen LogP contribution in [0.1, 0.15) is 0 Å². The molecule has 3 rings (SSSR count). The van der Waals surface area contributed by atoms with E-state index in [4.69, 9.17) is 4.42 Å². The molecule has 1 aromatic carbocycles. The minimum atomic E-state index is 0.784. The molecule has 0 N–H and O–H groups in total. The van der Waals surface area contributed by atoms with Crippen LogP contribution in [0.5, 0.6) is 0 Å². The van der Waals surface area contributed by atoms with Gasteiger partial charge in [0.2, 0.25) is 0 Å². The van der Waals surface area contributed by atoms with Crippen LogP contribution in [0.2, 0.25) is 0 Å². The molecule has 0 saturated carbocycles. The molecule has 3 nitrogen and oxygen atoms in total. The molecule has 0 unspecified atom stereocenters. The minimum absolute atomic E-state index is 0.784. The van der Waals surface area contributed by atoms with E-state index in [1.165, 1.54) is 0 Å². The van der Waals surface area contributed by atoms with Crippen LogP contribution in [0.3, 0.4) is 0 Å². The van der Waals surface area contributed by atoms with Crippen molar-refractivity contribution in [2.75, 3.05) is 0 Å². The highest BCUT2D eigenvalue weighted by molar-refractivity contribution is 6.02. The second-order valence-corrected chi connectivity index (χ2v) is 2.81. The van der Waals surface area contributed by atoms with Gasteiger partial charge in [0.25, 0.3) is 0 Å². The molecule has 13 heavy (non-hydrogen) atoms. The summed E-state index contributed by atoms with van der Waals surface area (Å²) >= 11 is 0. The molecule has 0 aliphatic heterocycles. The van der Waals surface area contributed by atoms with E-state index >= 15 is 0 Å². The summed E-state index contributed by atoms with van der Waals surface area (Å²) in [5.74, 6) is 0. The van der Waals surface area contributed by atoms with Gasteiger partial charge in [0, 0.05) is 10.8 Å². The first-order valence-electron chi connectivity index (χ1n) is 3.93. The van der Waals surface area contributed by atoms with Crippen molar-refractivity contribution in [1.29, 1.82) is 0 Å². The number of hydrogen-bond donors (Lipinski definition) is 0. The summed E-state index contributed by atoms with van der Waals surface area (Å²) < 4.78 is 5.06. The van der Waals surface area contributed by atoms with Crippen LogP contribution in [0.4, 0.5) is 0 Å². The number of furan rings is 1. The van der Waals surface area contributed by atoms with Crippen molar-refractivity contribution in [2.45, 2.75) is 0 Å². The molecule has 2 heterocycles. The summed E-state index contributed by atoms with van der Waals surface area (Å²) in [7, 11) is 0. The lowest BCUT2D eigenvalue weighted by atomic mass is 10.2. The Balaban J connectivity index is 2.65. The van der Waals surface area contributed by atoms with Crippen molar-refractivity contribution in [1.82, 2.24) is 10.2 Å². The maximum Gasteiger partial charge on any atom is 0.132 e. The first-order chi connectivity index (χ1) is 6.45. The largest absolute Gasteiger partial charge is 0.470 e. The van der Waals surface area contributed by atoms with Gasteiger partial charge in [-0.25, -0.2) is 0 Å². The van der Waals surface area contributed by atoms with Crippen molar-refractivity contribution in [3.05, 3.63) is 36.8 Å². The summed E-state index contributed by atoms with van der Waals surface area (Å²) in [4.78, 5) is 0. The van der Waals surface area contributed by atoms with Crippen LogP contribution in [0.15, 0.2) is 35.1 Å². The lowest BCUT2D eigenvalue weighted by molar-refractivity contribution is 0.571. The average Bonchev–Trinajstić information content (AvgIpc) is 2.65. The third-order valence-corrected chi connectivity index (χ3v) is 2.04. The fraction of sp³-hybridized carbons (Fsp3) is 0. The second kappa shape index (κ2) is 2.29. The number of hydrogen-bond acceptors (Lipinski definition) is 3.